The minimum absolute atomic E-state index is 0. The van der Waals surface area contributed by atoms with Crippen molar-refractivity contribution in [1.82, 2.24) is 0 Å². The Morgan fingerprint density at radius 3 is 1.97 bits per heavy atom. The number of ether oxygens (including phenoxy) is 1. The van der Waals surface area contributed by atoms with E-state index in [2.05, 4.69) is 42.1 Å². The quantitative estimate of drug-likeness (QED) is 0.0167. The number of anilines is 2. The second-order valence-electron chi connectivity index (χ2n) is 12.3. The Hall–Kier alpha value is -2.81. The number of nitrogen functional groups attached to an aromatic ring is 1. The summed E-state index contributed by atoms with van der Waals surface area (Å²) in [5.74, 6) is -5.15. The standard InChI is InChI=1S/C35H28N9O15S2.5Na/c1-16-10-23(26(59-2)14-22(16)40-38-19-5-3-4-17(11-19)35(49)50)41-42-24-15-27(60(53,54)55)20-13-28(61(56,57)58)33(34(48)31(20)32(24)36)43-39-21-7-6-18(12-25(21)44(51)52)37-29(45)8-9-30(46)47;;;;;/h4-7,10-15,48H,8-9,36H2,1-2H3,(H,37,45)(H,46,47)(H,49,50)(H,53,54,55)(H,56,57,58);;;;;/q-1;5*+1/p-4. The van der Waals surface area contributed by atoms with E-state index in [-0.39, 0.29) is 182 Å². The molecule has 4 N–H and O–H groups in total. The molecular formula is C35H24N9Na5O15S2. The molecule has 316 valence electrons. The van der Waals surface area contributed by atoms with E-state index in [1.807, 2.05) is 0 Å². The Morgan fingerprint density at radius 2 is 1.39 bits per heavy atom. The summed E-state index contributed by atoms with van der Waals surface area (Å²) in [5, 5.41) is 68.8. The number of carboxylic acids is 2. The number of amides is 1. The number of aromatic hydroxyl groups is 1. The smallest absolute Gasteiger partial charge is 0.744 e. The third-order valence-corrected chi connectivity index (χ3v) is 9.90. The number of methoxy groups -OCH3 is 1. The molecule has 0 fully saturated rings. The van der Waals surface area contributed by atoms with Crippen LogP contribution in [0.1, 0.15) is 28.8 Å². The molecule has 5 aromatic rings. The number of nitrogens with one attached hydrogen (secondary N) is 1. The Kier molecular flexibility index (Phi) is 25.7. The van der Waals surface area contributed by atoms with Crippen LogP contribution in [0.15, 0.2) is 101 Å². The second kappa shape index (κ2) is 26.8. The zero-order valence-electron chi connectivity index (χ0n) is 35.9. The Bertz CT molecular complexity index is 3020. The number of fused-ring (bicyclic) bond motifs is 1. The first-order valence-corrected chi connectivity index (χ1v) is 19.4. The maximum absolute atomic E-state index is 12.5. The van der Waals surface area contributed by atoms with Gasteiger partial charge in [-0.15, -0.1) is 32.1 Å². The number of hydrogen-bond acceptors (Lipinski definition) is 22. The fourth-order valence-corrected chi connectivity index (χ4v) is 6.65. The van der Waals surface area contributed by atoms with Gasteiger partial charge in [0.05, 0.1) is 38.6 Å². The van der Waals surface area contributed by atoms with Gasteiger partial charge in [0, 0.05) is 41.6 Å². The average Bonchev–Trinajstić information content (AvgIpc) is 3.18. The van der Waals surface area contributed by atoms with Crippen LogP contribution >= 0.6 is 0 Å². The van der Waals surface area contributed by atoms with Crippen molar-refractivity contribution in [3.63, 3.8) is 0 Å². The third-order valence-electron chi connectivity index (χ3n) is 8.17. The number of rotatable bonds is 15. The molecule has 0 saturated carbocycles. The van der Waals surface area contributed by atoms with E-state index in [4.69, 9.17) is 10.5 Å². The van der Waals surface area contributed by atoms with Crippen LogP contribution in [0.5, 0.6) is 11.5 Å². The predicted octanol–water partition coefficient (Wildman–Crippen LogP) is -10.9. The van der Waals surface area contributed by atoms with Gasteiger partial charge in [-0.1, -0.05) is 0 Å². The number of hydrogen-bond donors (Lipinski definition) is 3. The van der Waals surface area contributed by atoms with E-state index in [0.717, 1.165) is 18.2 Å². The van der Waals surface area contributed by atoms with Gasteiger partial charge in [-0.3, -0.25) is 14.9 Å². The van der Waals surface area contributed by atoms with Crippen LogP contribution in [0.3, 0.4) is 0 Å². The van der Waals surface area contributed by atoms with E-state index < -0.39 is 111 Å². The third kappa shape index (κ3) is 15.9. The molecule has 0 heterocycles. The van der Waals surface area contributed by atoms with Crippen LogP contribution in [0.2, 0.25) is 0 Å². The van der Waals surface area contributed by atoms with Crippen molar-refractivity contribution >= 4 is 100 Å². The molecule has 5 rings (SSSR count). The van der Waals surface area contributed by atoms with Gasteiger partial charge in [0.1, 0.15) is 43.0 Å². The van der Waals surface area contributed by atoms with Crippen molar-refractivity contribution in [2.24, 2.45) is 30.7 Å². The SMILES string of the molecule is COc1cc(N=Nc2c[c-]cc(C(=O)[O-])c2)c(C)cc1N=Nc1cc(S(=O)(=O)[O-])c2cc(S(=O)(=O)[O-])c(N=Nc3ccc(NC(=O)CCC(=O)[O-])cc3[N+](=O)[O-])c(O)c2c1N.[Na+].[Na+].[Na+].[Na+].[Na+]. The molecule has 0 atom stereocenters. The molecule has 24 nitrogen and oxygen atoms in total. The number of aryl methyl sites for hydroxylation is 1. The molecule has 0 spiro atoms. The molecule has 66 heavy (non-hydrogen) atoms. The van der Waals surface area contributed by atoms with E-state index in [9.17, 15) is 65.8 Å². The van der Waals surface area contributed by atoms with Gasteiger partial charge in [0.25, 0.3) is 5.69 Å². The maximum atomic E-state index is 12.5. The number of nitro groups is 1. The summed E-state index contributed by atoms with van der Waals surface area (Å²) in [6, 6.07) is 12.8. The number of phenols is 1. The number of carboxylic acid groups (broad SMARTS) is 2. The van der Waals surface area contributed by atoms with E-state index >= 15 is 0 Å². The van der Waals surface area contributed by atoms with Crippen molar-refractivity contribution in [1.29, 1.82) is 0 Å². The summed E-state index contributed by atoms with van der Waals surface area (Å²) in [7, 11) is -10.1. The summed E-state index contributed by atoms with van der Waals surface area (Å²) >= 11 is 0. The van der Waals surface area contributed by atoms with Crippen molar-refractivity contribution < 1.29 is 213 Å². The summed E-state index contributed by atoms with van der Waals surface area (Å²) in [5.41, 5.74) is 2.65. The Labute approximate surface area is 484 Å². The largest absolute Gasteiger partial charge is 1.00 e. The number of nitrogens with two attached hydrogens (primary N) is 1. The first-order valence-electron chi connectivity index (χ1n) is 16.6. The van der Waals surface area contributed by atoms with Gasteiger partial charge in [-0.05, 0) is 54.9 Å². The van der Waals surface area contributed by atoms with Crippen molar-refractivity contribution in [2.75, 3.05) is 18.2 Å². The summed E-state index contributed by atoms with van der Waals surface area (Å²) in [6.07, 6.45) is -1.18. The molecule has 0 saturated heterocycles. The van der Waals surface area contributed by atoms with Gasteiger partial charge in [0.15, 0.2) is 11.4 Å². The fourth-order valence-electron chi connectivity index (χ4n) is 5.33. The molecule has 0 aliphatic rings. The van der Waals surface area contributed by atoms with Crippen molar-refractivity contribution in [3.05, 3.63) is 88.0 Å². The minimum atomic E-state index is -5.71. The van der Waals surface area contributed by atoms with Crippen LogP contribution in [0, 0.1) is 23.1 Å². The van der Waals surface area contributed by atoms with E-state index in [0.29, 0.717) is 17.7 Å². The number of azo groups is 3. The molecule has 0 unspecified atom stereocenters. The number of nitro benzene ring substituents is 1. The molecule has 5 aromatic carbocycles. The first-order chi connectivity index (χ1) is 28.6. The number of aliphatic carboxylic acids is 1. The Morgan fingerprint density at radius 1 is 0.788 bits per heavy atom. The first kappa shape index (κ1) is 63.2. The van der Waals surface area contributed by atoms with Crippen molar-refractivity contribution in [2.45, 2.75) is 29.6 Å². The van der Waals surface area contributed by atoms with Gasteiger partial charge in [0.2, 0.25) is 5.91 Å². The molecule has 1 amide bonds. The van der Waals surface area contributed by atoms with Gasteiger partial charge in [-0.25, -0.2) is 21.9 Å². The Balaban J connectivity index is 0.00000845. The zero-order chi connectivity index (χ0) is 45.0. The number of nitrogens with zero attached hydrogens (tertiary/aromatic N) is 7. The van der Waals surface area contributed by atoms with E-state index in [1.54, 1.807) is 6.92 Å². The predicted molar refractivity (Wildman–Crippen MR) is 202 cm³/mol. The van der Waals surface area contributed by atoms with Gasteiger partial charge in [-0.2, -0.15) is 23.3 Å². The molecule has 31 heteroatoms. The molecule has 0 aromatic heterocycles. The van der Waals surface area contributed by atoms with Crippen LogP contribution in [-0.4, -0.2) is 60.9 Å². The second-order valence-corrected chi connectivity index (χ2v) is 15.0. The van der Waals surface area contributed by atoms with Gasteiger partial charge >= 0.3 is 148 Å². The monoisotopic (exact) mass is 989 g/mol. The van der Waals surface area contributed by atoms with Crippen LogP contribution < -0.4 is 174 Å². The van der Waals surface area contributed by atoms with Gasteiger partial charge < -0.3 is 49.8 Å². The van der Waals surface area contributed by atoms with Crippen LogP contribution in [0.25, 0.3) is 10.8 Å². The van der Waals surface area contributed by atoms with E-state index in [1.165, 1.54) is 37.4 Å². The molecule has 0 radical (unpaired) electrons. The van der Waals surface area contributed by atoms with Crippen molar-refractivity contribution in [3.8, 4) is 11.5 Å². The number of aromatic carboxylic acids is 1. The number of carbonyl (C=O) groups excluding carboxylic acids is 3. The van der Waals surface area contributed by atoms with Crippen LogP contribution in [0.4, 0.5) is 51.2 Å². The van der Waals surface area contributed by atoms with Crippen LogP contribution in [-0.2, 0) is 29.8 Å². The number of phenolic OH excluding ortho intramolecular Hbond substituents is 1. The zero-order valence-corrected chi connectivity index (χ0v) is 47.5. The normalized spacial score (nSPS) is 11.2. The molecular weight excluding hydrogens is 966 g/mol. The molecule has 0 aliphatic carbocycles. The number of benzene rings is 5. The number of carbonyl (C=O) groups is 3. The minimum Gasteiger partial charge on any atom is -0.744 e. The summed E-state index contributed by atoms with van der Waals surface area (Å²) in [6.45, 7) is 1.57. The summed E-state index contributed by atoms with van der Waals surface area (Å²) in [4.78, 5) is 42.1. The fraction of sp³-hybridized carbons (Fsp3) is 0.114. The topological polar surface area (TPSA) is 397 Å². The average molecular weight is 990 g/mol. The maximum Gasteiger partial charge on any atom is 1.00 e. The summed E-state index contributed by atoms with van der Waals surface area (Å²) < 4.78 is 80.1. The molecule has 0 aliphatic heterocycles. The molecule has 0 bridgehead atoms.